The van der Waals surface area contributed by atoms with Crippen molar-refractivity contribution >= 4 is 0 Å². The molecule has 1 unspecified atom stereocenters. The Bertz CT molecular complexity index is 599. The molecule has 0 amide bonds. The van der Waals surface area contributed by atoms with Crippen molar-refractivity contribution in [3.8, 4) is 11.5 Å². The van der Waals surface area contributed by atoms with Gasteiger partial charge in [0.2, 0.25) is 0 Å². The van der Waals surface area contributed by atoms with Crippen molar-refractivity contribution in [2.75, 3.05) is 33.8 Å². The Hall–Kier alpha value is -1.76. The van der Waals surface area contributed by atoms with Gasteiger partial charge >= 0.3 is 0 Å². The van der Waals surface area contributed by atoms with Crippen LogP contribution in [0.3, 0.4) is 0 Å². The molecule has 112 valence electrons. The third kappa shape index (κ3) is 3.12. The monoisotopic (exact) mass is 288 g/mol. The lowest BCUT2D eigenvalue weighted by Gasteiger charge is -2.30. The normalized spacial score (nSPS) is 19.8. The second-order valence-corrected chi connectivity index (χ2v) is 5.29. The quantitative estimate of drug-likeness (QED) is 0.919. The van der Waals surface area contributed by atoms with Crippen LogP contribution >= 0.6 is 0 Å². The molecule has 1 aromatic carbocycles. The van der Waals surface area contributed by atoms with E-state index in [1.165, 1.54) is 0 Å². The zero-order valence-corrected chi connectivity index (χ0v) is 12.4. The van der Waals surface area contributed by atoms with Gasteiger partial charge in [-0.1, -0.05) is 17.3 Å². The molecule has 2 heterocycles. The fourth-order valence-electron chi connectivity index (χ4n) is 2.54. The standard InChI is InChI=1S/C15H20N4O2/c1-19-7-6-16-9-13(19)14-17-15(21-18-14)12-5-3-4-11(8-12)10-20-2/h3-5,8,13,16H,6-7,9-10H2,1-2H3. The van der Waals surface area contributed by atoms with Gasteiger partial charge < -0.3 is 14.6 Å². The Balaban J connectivity index is 1.82. The third-order valence-corrected chi connectivity index (χ3v) is 3.74. The van der Waals surface area contributed by atoms with Gasteiger partial charge in [0.1, 0.15) is 0 Å². The van der Waals surface area contributed by atoms with Crippen LogP contribution in [0.5, 0.6) is 0 Å². The van der Waals surface area contributed by atoms with Crippen LogP contribution in [0, 0.1) is 0 Å². The highest BCUT2D eigenvalue weighted by molar-refractivity contribution is 5.54. The van der Waals surface area contributed by atoms with E-state index in [2.05, 4.69) is 27.4 Å². The summed E-state index contributed by atoms with van der Waals surface area (Å²) in [5.74, 6) is 1.29. The van der Waals surface area contributed by atoms with Gasteiger partial charge in [-0.05, 0) is 24.7 Å². The number of aromatic nitrogens is 2. The van der Waals surface area contributed by atoms with Crippen LogP contribution in [-0.4, -0.2) is 48.8 Å². The summed E-state index contributed by atoms with van der Waals surface area (Å²) in [6.45, 7) is 3.40. The number of benzene rings is 1. The SMILES string of the molecule is COCc1cccc(-c2nc(C3CNCCN3C)no2)c1. The van der Waals surface area contributed by atoms with Crippen molar-refractivity contribution < 1.29 is 9.26 Å². The first-order valence-electron chi connectivity index (χ1n) is 7.11. The number of nitrogens with zero attached hydrogens (tertiary/aromatic N) is 3. The van der Waals surface area contributed by atoms with E-state index in [1.54, 1.807) is 7.11 Å². The molecule has 1 saturated heterocycles. The minimum atomic E-state index is 0.165. The lowest BCUT2D eigenvalue weighted by Crippen LogP contribution is -2.44. The molecule has 0 spiro atoms. The predicted molar refractivity (Wildman–Crippen MR) is 78.7 cm³/mol. The molecular weight excluding hydrogens is 268 g/mol. The van der Waals surface area contributed by atoms with Crippen molar-refractivity contribution in [1.29, 1.82) is 0 Å². The largest absolute Gasteiger partial charge is 0.380 e. The van der Waals surface area contributed by atoms with E-state index in [-0.39, 0.29) is 6.04 Å². The molecule has 0 aliphatic carbocycles. The van der Waals surface area contributed by atoms with Gasteiger partial charge in [0.25, 0.3) is 5.89 Å². The maximum Gasteiger partial charge on any atom is 0.257 e. The molecule has 1 aromatic heterocycles. The second kappa shape index (κ2) is 6.34. The first-order chi connectivity index (χ1) is 10.3. The number of rotatable bonds is 4. The molecule has 6 nitrogen and oxygen atoms in total. The molecule has 6 heteroatoms. The minimum absolute atomic E-state index is 0.165. The van der Waals surface area contributed by atoms with Crippen LogP contribution in [0.15, 0.2) is 28.8 Å². The Morgan fingerprint density at radius 2 is 2.38 bits per heavy atom. The summed E-state index contributed by atoms with van der Waals surface area (Å²) < 4.78 is 10.6. The van der Waals surface area contributed by atoms with Crippen LogP contribution in [0.1, 0.15) is 17.4 Å². The van der Waals surface area contributed by atoms with Gasteiger partial charge in [-0.15, -0.1) is 0 Å². The van der Waals surface area contributed by atoms with Crippen molar-refractivity contribution in [2.45, 2.75) is 12.6 Å². The van der Waals surface area contributed by atoms with E-state index >= 15 is 0 Å². The highest BCUT2D eigenvalue weighted by atomic mass is 16.5. The zero-order chi connectivity index (χ0) is 14.7. The molecule has 3 rings (SSSR count). The van der Waals surface area contributed by atoms with Crippen LogP contribution in [0.4, 0.5) is 0 Å². The van der Waals surface area contributed by atoms with Crippen molar-refractivity contribution in [3.05, 3.63) is 35.7 Å². The fourth-order valence-corrected chi connectivity index (χ4v) is 2.54. The van der Waals surface area contributed by atoms with E-state index in [0.29, 0.717) is 12.5 Å². The Labute approximate surface area is 124 Å². The molecule has 21 heavy (non-hydrogen) atoms. The predicted octanol–water partition coefficient (Wildman–Crippen LogP) is 1.46. The smallest absolute Gasteiger partial charge is 0.257 e. The Morgan fingerprint density at radius 3 is 3.19 bits per heavy atom. The fraction of sp³-hybridized carbons (Fsp3) is 0.467. The van der Waals surface area contributed by atoms with E-state index in [1.807, 2.05) is 24.3 Å². The Kier molecular flexibility index (Phi) is 4.28. The topological polar surface area (TPSA) is 63.4 Å². The maximum absolute atomic E-state index is 5.43. The lowest BCUT2D eigenvalue weighted by atomic mass is 10.1. The molecule has 1 N–H and O–H groups in total. The van der Waals surface area contributed by atoms with Crippen LogP contribution in [0.2, 0.25) is 0 Å². The summed E-state index contributed by atoms with van der Waals surface area (Å²) in [7, 11) is 3.77. The van der Waals surface area contributed by atoms with E-state index in [4.69, 9.17) is 9.26 Å². The molecule has 1 atom stereocenters. The summed E-state index contributed by atoms with van der Waals surface area (Å²) in [6.07, 6.45) is 0. The van der Waals surface area contributed by atoms with Crippen LogP contribution in [-0.2, 0) is 11.3 Å². The van der Waals surface area contributed by atoms with Crippen LogP contribution in [0.25, 0.3) is 11.5 Å². The van der Waals surface area contributed by atoms with E-state index in [9.17, 15) is 0 Å². The van der Waals surface area contributed by atoms with Crippen molar-refractivity contribution in [1.82, 2.24) is 20.4 Å². The number of hydrogen-bond acceptors (Lipinski definition) is 6. The molecule has 0 bridgehead atoms. The lowest BCUT2D eigenvalue weighted by molar-refractivity contribution is 0.185. The maximum atomic E-state index is 5.43. The number of hydrogen-bond donors (Lipinski definition) is 1. The minimum Gasteiger partial charge on any atom is -0.380 e. The number of piperazine rings is 1. The highest BCUT2D eigenvalue weighted by Gasteiger charge is 2.25. The summed E-state index contributed by atoms with van der Waals surface area (Å²) >= 11 is 0. The molecule has 1 aliphatic rings. The molecular formula is C15H20N4O2. The first kappa shape index (κ1) is 14.2. The van der Waals surface area contributed by atoms with Crippen molar-refractivity contribution in [3.63, 3.8) is 0 Å². The van der Waals surface area contributed by atoms with E-state index in [0.717, 1.165) is 36.6 Å². The number of likely N-dealkylation sites (N-methyl/N-ethyl adjacent to an activating group) is 1. The molecule has 1 aliphatic heterocycles. The van der Waals surface area contributed by atoms with Gasteiger partial charge in [-0.2, -0.15) is 4.98 Å². The summed E-state index contributed by atoms with van der Waals surface area (Å²) in [5, 5.41) is 7.50. The summed E-state index contributed by atoms with van der Waals surface area (Å²) in [6, 6.07) is 8.15. The second-order valence-electron chi connectivity index (χ2n) is 5.29. The van der Waals surface area contributed by atoms with Gasteiger partial charge in [0.15, 0.2) is 5.82 Å². The van der Waals surface area contributed by atoms with Gasteiger partial charge in [0, 0.05) is 32.3 Å². The molecule has 0 radical (unpaired) electrons. The number of nitrogens with one attached hydrogen (secondary N) is 1. The number of ether oxygens (including phenoxy) is 1. The summed E-state index contributed by atoms with van der Waals surface area (Å²) in [5.41, 5.74) is 2.01. The highest BCUT2D eigenvalue weighted by Crippen LogP contribution is 2.23. The first-order valence-corrected chi connectivity index (χ1v) is 7.11. The molecule has 0 saturated carbocycles. The van der Waals surface area contributed by atoms with Crippen molar-refractivity contribution in [2.24, 2.45) is 0 Å². The van der Waals surface area contributed by atoms with Crippen LogP contribution < -0.4 is 5.32 Å². The summed E-state index contributed by atoms with van der Waals surface area (Å²) in [4.78, 5) is 6.80. The van der Waals surface area contributed by atoms with Gasteiger partial charge in [0.05, 0.1) is 12.6 Å². The van der Waals surface area contributed by atoms with Gasteiger partial charge in [-0.25, -0.2) is 0 Å². The van der Waals surface area contributed by atoms with E-state index < -0.39 is 0 Å². The zero-order valence-electron chi connectivity index (χ0n) is 12.4. The van der Waals surface area contributed by atoms with Gasteiger partial charge in [-0.3, -0.25) is 4.90 Å². The average Bonchev–Trinajstić information content (AvgIpc) is 2.98. The molecule has 1 fully saturated rings. The average molecular weight is 288 g/mol. The molecule has 2 aromatic rings. The Morgan fingerprint density at radius 1 is 1.48 bits per heavy atom. The third-order valence-electron chi connectivity index (χ3n) is 3.74. The number of methoxy groups -OCH3 is 1.